The Labute approximate surface area is 130 Å². The standard InChI is InChI=1S/C15H17BrFNOS/c1-15(2,3)14-18-12(8-20-14)13(19)7-9-6-10(17)4-5-11(9)16/h4-6,8,13,19H,7H2,1-3H3. The Kier molecular flexibility index (Phi) is 4.62. The van der Waals surface area contributed by atoms with Crippen LogP contribution in [-0.4, -0.2) is 10.1 Å². The molecular formula is C15H17BrFNOS. The molecule has 0 amide bonds. The zero-order valence-corrected chi connectivity index (χ0v) is 14.1. The fourth-order valence-electron chi connectivity index (χ4n) is 1.80. The zero-order chi connectivity index (χ0) is 14.9. The van der Waals surface area contributed by atoms with Crippen molar-refractivity contribution in [3.8, 4) is 0 Å². The van der Waals surface area contributed by atoms with Gasteiger partial charge in [0.25, 0.3) is 0 Å². The van der Waals surface area contributed by atoms with Gasteiger partial charge < -0.3 is 5.11 Å². The summed E-state index contributed by atoms with van der Waals surface area (Å²) in [5, 5.41) is 13.1. The number of thiazole rings is 1. The van der Waals surface area contributed by atoms with Gasteiger partial charge in [-0.05, 0) is 23.8 Å². The first-order valence-electron chi connectivity index (χ1n) is 6.35. The molecule has 1 heterocycles. The lowest BCUT2D eigenvalue weighted by atomic mass is 9.98. The minimum absolute atomic E-state index is 0.0257. The highest BCUT2D eigenvalue weighted by Gasteiger charge is 2.21. The minimum atomic E-state index is -0.722. The Morgan fingerprint density at radius 1 is 1.40 bits per heavy atom. The number of aromatic nitrogens is 1. The Bertz CT molecular complexity index is 606. The first-order chi connectivity index (χ1) is 9.27. The summed E-state index contributed by atoms with van der Waals surface area (Å²) in [5.74, 6) is -0.302. The van der Waals surface area contributed by atoms with Gasteiger partial charge in [0, 0.05) is 21.7 Å². The lowest BCUT2D eigenvalue weighted by molar-refractivity contribution is 0.173. The molecule has 2 aromatic rings. The molecule has 1 atom stereocenters. The second-order valence-corrected chi connectivity index (χ2v) is 7.50. The Balaban J connectivity index is 2.18. The van der Waals surface area contributed by atoms with Crippen molar-refractivity contribution in [1.29, 1.82) is 0 Å². The lowest BCUT2D eigenvalue weighted by Crippen LogP contribution is -2.11. The zero-order valence-electron chi connectivity index (χ0n) is 11.7. The van der Waals surface area contributed by atoms with Gasteiger partial charge in [0.05, 0.1) is 10.7 Å². The third kappa shape index (κ3) is 3.65. The van der Waals surface area contributed by atoms with Crippen molar-refractivity contribution in [2.45, 2.75) is 38.7 Å². The van der Waals surface area contributed by atoms with Crippen LogP contribution in [0, 0.1) is 5.82 Å². The van der Waals surface area contributed by atoms with Crippen LogP contribution >= 0.6 is 27.3 Å². The maximum atomic E-state index is 13.2. The normalized spacial score (nSPS) is 13.5. The fraction of sp³-hybridized carbons (Fsp3) is 0.400. The predicted octanol–water partition coefficient (Wildman–Crippen LogP) is 4.62. The van der Waals surface area contributed by atoms with Crippen LogP contribution < -0.4 is 0 Å². The van der Waals surface area contributed by atoms with Crippen LogP contribution in [0.25, 0.3) is 0 Å². The molecule has 2 rings (SSSR count). The van der Waals surface area contributed by atoms with Gasteiger partial charge in [-0.1, -0.05) is 36.7 Å². The molecule has 0 bridgehead atoms. The number of hydrogen-bond acceptors (Lipinski definition) is 3. The summed E-state index contributed by atoms with van der Waals surface area (Å²) in [7, 11) is 0. The molecule has 0 radical (unpaired) electrons. The summed E-state index contributed by atoms with van der Waals surface area (Å²) in [6.45, 7) is 6.27. The average Bonchev–Trinajstić information content (AvgIpc) is 2.83. The SMILES string of the molecule is CC(C)(C)c1nc(C(O)Cc2cc(F)ccc2Br)cs1. The lowest BCUT2D eigenvalue weighted by Gasteiger charge is -2.14. The monoisotopic (exact) mass is 357 g/mol. The van der Waals surface area contributed by atoms with E-state index >= 15 is 0 Å². The van der Waals surface area contributed by atoms with E-state index in [1.807, 2.05) is 5.38 Å². The van der Waals surface area contributed by atoms with Crippen molar-refractivity contribution in [1.82, 2.24) is 4.98 Å². The van der Waals surface area contributed by atoms with E-state index in [0.29, 0.717) is 12.1 Å². The van der Waals surface area contributed by atoms with Gasteiger partial charge in [0.2, 0.25) is 0 Å². The molecule has 0 spiro atoms. The summed E-state index contributed by atoms with van der Waals surface area (Å²) in [6, 6.07) is 4.48. The van der Waals surface area contributed by atoms with Crippen molar-refractivity contribution in [3.63, 3.8) is 0 Å². The van der Waals surface area contributed by atoms with E-state index in [4.69, 9.17) is 0 Å². The summed E-state index contributed by atoms with van der Waals surface area (Å²) < 4.78 is 14.0. The number of nitrogens with zero attached hydrogens (tertiary/aromatic N) is 1. The van der Waals surface area contributed by atoms with E-state index in [9.17, 15) is 9.50 Å². The molecule has 108 valence electrons. The van der Waals surface area contributed by atoms with Crippen LogP contribution in [0.1, 0.15) is 43.1 Å². The topological polar surface area (TPSA) is 33.1 Å². The second-order valence-electron chi connectivity index (χ2n) is 5.78. The molecule has 0 aliphatic rings. The molecule has 0 saturated heterocycles. The minimum Gasteiger partial charge on any atom is -0.386 e. The highest BCUT2D eigenvalue weighted by Crippen LogP contribution is 2.30. The highest BCUT2D eigenvalue weighted by molar-refractivity contribution is 9.10. The van der Waals surface area contributed by atoms with E-state index in [-0.39, 0.29) is 11.2 Å². The van der Waals surface area contributed by atoms with Gasteiger partial charge in [0.15, 0.2) is 0 Å². The molecule has 5 heteroatoms. The Morgan fingerprint density at radius 2 is 2.10 bits per heavy atom. The van der Waals surface area contributed by atoms with Gasteiger partial charge in [0.1, 0.15) is 11.9 Å². The molecule has 0 aliphatic heterocycles. The van der Waals surface area contributed by atoms with Crippen LogP contribution in [-0.2, 0) is 11.8 Å². The number of aliphatic hydroxyl groups is 1. The smallest absolute Gasteiger partial charge is 0.123 e. The summed E-state index contributed by atoms with van der Waals surface area (Å²) >= 11 is 4.92. The molecule has 0 fully saturated rings. The maximum absolute atomic E-state index is 13.2. The van der Waals surface area contributed by atoms with Crippen molar-refractivity contribution < 1.29 is 9.50 Å². The predicted molar refractivity (Wildman–Crippen MR) is 83.6 cm³/mol. The second kappa shape index (κ2) is 5.92. The first-order valence-corrected chi connectivity index (χ1v) is 8.02. The third-order valence-electron chi connectivity index (χ3n) is 2.93. The summed E-state index contributed by atoms with van der Waals surface area (Å²) in [6.07, 6.45) is -0.383. The van der Waals surface area contributed by atoms with E-state index in [2.05, 4.69) is 41.7 Å². The van der Waals surface area contributed by atoms with Crippen LogP contribution in [0.5, 0.6) is 0 Å². The quantitative estimate of drug-likeness (QED) is 0.869. The van der Waals surface area contributed by atoms with Crippen LogP contribution in [0.15, 0.2) is 28.1 Å². The first kappa shape index (κ1) is 15.6. The molecule has 1 unspecified atom stereocenters. The summed E-state index contributed by atoms with van der Waals surface area (Å²) in [5.41, 5.74) is 1.36. The van der Waals surface area contributed by atoms with Gasteiger partial charge >= 0.3 is 0 Å². The van der Waals surface area contributed by atoms with Gasteiger partial charge in [-0.3, -0.25) is 0 Å². The van der Waals surface area contributed by atoms with Crippen molar-refractivity contribution in [2.75, 3.05) is 0 Å². The summed E-state index contributed by atoms with van der Waals surface area (Å²) in [4.78, 5) is 4.49. The molecule has 0 aliphatic carbocycles. The Hall–Kier alpha value is -0.780. The van der Waals surface area contributed by atoms with E-state index in [1.165, 1.54) is 12.1 Å². The van der Waals surface area contributed by atoms with Gasteiger partial charge in [-0.2, -0.15) is 0 Å². The molecule has 1 aromatic heterocycles. The highest BCUT2D eigenvalue weighted by atomic mass is 79.9. The van der Waals surface area contributed by atoms with Gasteiger partial charge in [-0.25, -0.2) is 9.37 Å². The van der Waals surface area contributed by atoms with Crippen LogP contribution in [0.4, 0.5) is 4.39 Å². The molecular weight excluding hydrogens is 341 g/mol. The van der Waals surface area contributed by atoms with Crippen molar-refractivity contribution in [2.24, 2.45) is 0 Å². The number of benzene rings is 1. The largest absolute Gasteiger partial charge is 0.386 e. The Morgan fingerprint density at radius 3 is 2.70 bits per heavy atom. The van der Waals surface area contributed by atoms with E-state index in [1.54, 1.807) is 17.4 Å². The molecule has 2 nitrogen and oxygen atoms in total. The number of aliphatic hydroxyl groups excluding tert-OH is 1. The van der Waals surface area contributed by atoms with Crippen molar-refractivity contribution >= 4 is 27.3 Å². The molecule has 1 N–H and O–H groups in total. The number of halogens is 2. The number of rotatable bonds is 3. The molecule has 0 saturated carbocycles. The van der Waals surface area contributed by atoms with E-state index < -0.39 is 6.10 Å². The maximum Gasteiger partial charge on any atom is 0.123 e. The number of hydrogen-bond donors (Lipinski definition) is 1. The fourth-order valence-corrected chi connectivity index (χ4v) is 3.16. The van der Waals surface area contributed by atoms with Gasteiger partial charge in [-0.15, -0.1) is 11.3 Å². The van der Waals surface area contributed by atoms with Crippen molar-refractivity contribution in [3.05, 3.63) is 50.1 Å². The van der Waals surface area contributed by atoms with Crippen LogP contribution in [0.3, 0.4) is 0 Å². The van der Waals surface area contributed by atoms with Crippen LogP contribution in [0.2, 0.25) is 0 Å². The molecule has 1 aromatic carbocycles. The third-order valence-corrected chi connectivity index (χ3v) is 4.99. The molecule has 20 heavy (non-hydrogen) atoms. The average molecular weight is 358 g/mol. The van der Waals surface area contributed by atoms with E-state index in [0.717, 1.165) is 15.0 Å².